The Balaban J connectivity index is 1.53. The molecule has 0 amide bonds. The molecule has 0 spiro atoms. The number of carbonyl (C=O) groups is 1. The Bertz CT molecular complexity index is 1100. The number of benzene rings is 2. The standard InChI is InChI=1S/C20H13ClN4O2/c21-16-7-4-8-17(15(16)11-22)27-12-13-9-18-23-20(14-5-2-1-3-6-14)24-25(18)19(26)10-13/h1-8,10H,9,12H2. The van der Waals surface area contributed by atoms with E-state index in [-0.39, 0.29) is 18.1 Å². The van der Waals surface area contributed by atoms with Gasteiger partial charge in [0, 0.05) is 18.1 Å². The van der Waals surface area contributed by atoms with E-state index in [1.165, 1.54) is 10.8 Å². The summed E-state index contributed by atoms with van der Waals surface area (Å²) in [6, 6.07) is 16.5. The van der Waals surface area contributed by atoms with Crippen LogP contribution < -0.4 is 4.74 Å². The van der Waals surface area contributed by atoms with Crippen molar-refractivity contribution in [3.63, 3.8) is 0 Å². The zero-order valence-electron chi connectivity index (χ0n) is 14.1. The molecular weight excluding hydrogens is 364 g/mol. The number of aromatic nitrogens is 3. The van der Waals surface area contributed by atoms with E-state index in [1.807, 2.05) is 36.4 Å². The number of allylic oxidation sites excluding steroid dienone is 1. The van der Waals surface area contributed by atoms with Gasteiger partial charge in [-0.05, 0) is 17.7 Å². The average Bonchev–Trinajstić information content (AvgIpc) is 3.12. The van der Waals surface area contributed by atoms with E-state index >= 15 is 0 Å². The van der Waals surface area contributed by atoms with Crippen LogP contribution >= 0.6 is 11.6 Å². The number of carbonyl (C=O) groups excluding carboxylic acids is 1. The highest BCUT2D eigenvalue weighted by Crippen LogP contribution is 2.26. The minimum atomic E-state index is -0.267. The summed E-state index contributed by atoms with van der Waals surface area (Å²) in [4.78, 5) is 16.9. The van der Waals surface area contributed by atoms with Crippen LogP contribution in [0, 0.1) is 11.3 Å². The van der Waals surface area contributed by atoms with Gasteiger partial charge in [-0.1, -0.05) is 48.0 Å². The number of hydrogen-bond donors (Lipinski definition) is 0. The molecule has 0 N–H and O–H groups in total. The molecule has 4 rings (SSSR count). The summed E-state index contributed by atoms with van der Waals surface area (Å²) in [7, 11) is 0. The highest BCUT2D eigenvalue weighted by Gasteiger charge is 2.22. The molecule has 0 fully saturated rings. The number of halogens is 1. The van der Waals surface area contributed by atoms with Gasteiger partial charge < -0.3 is 4.74 Å². The van der Waals surface area contributed by atoms with Crippen LogP contribution in [0.5, 0.6) is 5.75 Å². The number of ether oxygens (including phenoxy) is 1. The number of fused-ring (bicyclic) bond motifs is 1. The molecule has 0 radical (unpaired) electrons. The van der Waals surface area contributed by atoms with E-state index in [2.05, 4.69) is 10.1 Å². The second-order valence-corrected chi connectivity index (χ2v) is 6.37. The van der Waals surface area contributed by atoms with Crippen LogP contribution in [0.3, 0.4) is 0 Å². The highest BCUT2D eigenvalue weighted by molar-refractivity contribution is 6.31. The predicted molar refractivity (Wildman–Crippen MR) is 99.5 cm³/mol. The fourth-order valence-corrected chi connectivity index (χ4v) is 3.04. The van der Waals surface area contributed by atoms with Gasteiger partial charge in [-0.25, -0.2) is 4.98 Å². The van der Waals surface area contributed by atoms with Gasteiger partial charge in [0.05, 0.1) is 5.02 Å². The largest absolute Gasteiger partial charge is 0.488 e. The third kappa shape index (κ3) is 3.33. The second kappa shape index (κ2) is 7.06. The van der Waals surface area contributed by atoms with Crippen LogP contribution in [0.4, 0.5) is 0 Å². The van der Waals surface area contributed by atoms with E-state index in [0.29, 0.717) is 28.8 Å². The summed E-state index contributed by atoms with van der Waals surface area (Å²) >= 11 is 6.01. The topological polar surface area (TPSA) is 80.8 Å². The van der Waals surface area contributed by atoms with Crippen molar-refractivity contribution in [2.45, 2.75) is 6.42 Å². The maximum Gasteiger partial charge on any atom is 0.272 e. The molecule has 2 heterocycles. The Morgan fingerprint density at radius 1 is 1.19 bits per heavy atom. The Labute approximate surface area is 160 Å². The number of rotatable bonds is 4. The van der Waals surface area contributed by atoms with Crippen LogP contribution in [0.25, 0.3) is 11.4 Å². The summed E-state index contributed by atoms with van der Waals surface area (Å²) in [5, 5.41) is 13.8. The molecule has 6 nitrogen and oxygen atoms in total. The van der Waals surface area contributed by atoms with Crippen LogP contribution in [0.15, 0.2) is 60.2 Å². The zero-order chi connectivity index (χ0) is 18.8. The maximum absolute atomic E-state index is 12.4. The van der Waals surface area contributed by atoms with Gasteiger partial charge in [-0.3, -0.25) is 4.79 Å². The van der Waals surface area contributed by atoms with Crippen molar-refractivity contribution in [3.8, 4) is 23.2 Å². The lowest BCUT2D eigenvalue weighted by molar-refractivity contribution is 0.0943. The minimum Gasteiger partial charge on any atom is -0.488 e. The lowest BCUT2D eigenvalue weighted by atomic mass is 10.1. The van der Waals surface area contributed by atoms with E-state index in [4.69, 9.17) is 16.3 Å². The SMILES string of the molecule is N#Cc1c(Cl)cccc1OCC1=CC(=O)n2nc(-c3ccccc3)nc2C1. The fraction of sp³-hybridized carbons (Fsp3) is 0.100. The molecule has 27 heavy (non-hydrogen) atoms. The van der Waals surface area contributed by atoms with E-state index in [1.54, 1.807) is 18.2 Å². The van der Waals surface area contributed by atoms with Gasteiger partial charge in [-0.15, -0.1) is 5.10 Å². The molecule has 1 aliphatic rings. The second-order valence-electron chi connectivity index (χ2n) is 5.96. The number of hydrogen-bond acceptors (Lipinski definition) is 5. The van der Waals surface area contributed by atoms with Gasteiger partial charge in [0.15, 0.2) is 5.82 Å². The molecular formula is C20H13ClN4O2. The van der Waals surface area contributed by atoms with Crippen molar-refractivity contribution in [2.75, 3.05) is 6.61 Å². The lowest BCUT2D eigenvalue weighted by Crippen LogP contribution is -2.21. The Morgan fingerprint density at radius 3 is 2.78 bits per heavy atom. The van der Waals surface area contributed by atoms with E-state index < -0.39 is 0 Å². The predicted octanol–water partition coefficient (Wildman–Crippen LogP) is 3.67. The van der Waals surface area contributed by atoms with Gasteiger partial charge in [0.25, 0.3) is 5.91 Å². The normalized spacial score (nSPS) is 12.9. The van der Waals surface area contributed by atoms with Crippen LogP contribution in [-0.2, 0) is 6.42 Å². The summed E-state index contributed by atoms with van der Waals surface area (Å²) < 4.78 is 7.03. The van der Waals surface area contributed by atoms with Crippen molar-refractivity contribution < 1.29 is 9.53 Å². The zero-order valence-corrected chi connectivity index (χ0v) is 14.8. The fourth-order valence-electron chi connectivity index (χ4n) is 2.83. The quantitative estimate of drug-likeness (QED) is 0.694. The average molecular weight is 377 g/mol. The van der Waals surface area contributed by atoms with Gasteiger partial charge in [-0.2, -0.15) is 9.94 Å². The third-order valence-corrected chi connectivity index (χ3v) is 4.44. The molecule has 0 unspecified atom stereocenters. The number of nitrogens with zero attached hydrogens (tertiary/aromatic N) is 4. The molecule has 0 atom stereocenters. The molecule has 0 aliphatic carbocycles. The molecule has 1 aliphatic heterocycles. The van der Waals surface area contributed by atoms with E-state index in [9.17, 15) is 10.1 Å². The highest BCUT2D eigenvalue weighted by atomic mass is 35.5. The van der Waals surface area contributed by atoms with Crippen LogP contribution in [-0.4, -0.2) is 27.3 Å². The minimum absolute atomic E-state index is 0.161. The molecule has 132 valence electrons. The first-order valence-corrected chi connectivity index (χ1v) is 8.60. The van der Waals surface area contributed by atoms with Crippen molar-refractivity contribution >= 4 is 17.5 Å². The molecule has 2 aromatic carbocycles. The summed E-state index contributed by atoms with van der Waals surface area (Å²) in [6.45, 7) is 0.161. The summed E-state index contributed by atoms with van der Waals surface area (Å²) in [5.74, 6) is 1.19. The smallest absolute Gasteiger partial charge is 0.272 e. The lowest BCUT2D eigenvalue weighted by Gasteiger charge is -2.14. The number of nitriles is 1. The third-order valence-electron chi connectivity index (χ3n) is 4.13. The van der Waals surface area contributed by atoms with Gasteiger partial charge in [0.2, 0.25) is 0 Å². The van der Waals surface area contributed by atoms with Gasteiger partial charge in [0.1, 0.15) is 29.8 Å². The first-order valence-electron chi connectivity index (χ1n) is 8.22. The molecule has 1 aromatic heterocycles. The van der Waals surface area contributed by atoms with Crippen LogP contribution in [0.2, 0.25) is 5.02 Å². The first-order chi connectivity index (χ1) is 13.2. The van der Waals surface area contributed by atoms with Crippen molar-refractivity contribution in [3.05, 3.63) is 76.6 Å². The monoisotopic (exact) mass is 376 g/mol. The van der Waals surface area contributed by atoms with Crippen molar-refractivity contribution in [2.24, 2.45) is 0 Å². The summed E-state index contributed by atoms with van der Waals surface area (Å²) in [5.41, 5.74) is 1.88. The maximum atomic E-state index is 12.4. The van der Waals surface area contributed by atoms with Gasteiger partial charge >= 0.3 is 0 Å². The summed E-state index contributed by atoms with van der Waals surface area (Å²) in [6.07, 6.45) is 1.93. The molecule has 0 saturated carbocycles. The first kappa shape index (κ1) is 17.0. The Hall–Kier alpha value is -3.43. The Kier molecular flexibility index (Phi) is 4.45. The van der Waals surface area contributed by atoms with Crippen molar-refractivity contribution in [1.82, 2.24) is 14.8 Å². The van der Waals surface area contributed by atoms with Crippen molar-refractivity contribution in [1.29, 1.82) is 5.26 Å². The Morgan fingerprint density at radius 2 is 2.00 bits per heavy atom. The van der Waals surface area contributed by atoms with E-state index in [0.717, 1.165) is 11.1 Å². The van der Waals surface area contributed by atoms with Crippen LogP contribution in [0.1, 0.15) is 16.2 Å². The molecule has 0 bridgehead atoms. The molecule has 3 aromatic rings. The molecule has 0 saturated heterocycles. The molecule has 7 heteroatoms.